The lowest BCUT2D eigenvalue weighted by molar-refractivity contribution is -0.118. The predicted molar refractivity (Wildman–Crippen MR) is 82.3 cm³/mol. The smallest absolute Gasteiger partial charge is 0.248 e. The number of aromatic nitrogens is 1. The maximum Gasteiger partial charge on any atom is 0.248 e. The van der Waals surface area contributed by atoms with E-state index >= 15 is 0 Å². The van der Waals surface area contributed by atoms with Gasteiger partial charge in [0.15, 0.2) is 0 Å². The van der Waals surface area contributed by atoms with E-state index in [0.717, 1.165) is 16.1 Å². The fraction of sp³-hybridized carbons (Fsp3) is 0.143. The molecule has 104 valence electrons. The third kappa shape index (κ3) is 4.17. The summed E-state index contributed by atoms with van der Waals surface area (Å²) in [4.78, 5) is 16.8. The van der Waals surface area contributed by atoms with Crippen LogP contribution in [0.3, 0.4) is 0 Å². The standard InChI is InChI=1S/C14H16N4OS/c1-10-8-11(5-6-12(10)15)20-9-14(19)18-17-13-4-2-3-7-16-13/h2-8H,9,15H2,1H3,(H,16,17)(H,18,19). The number of nitrogens with zero attached hydrogens (tertiary/aromatic N) is 1. The summed E-state index contributed by atoms with van der Waals surface area (Å²) in [5.74, 6) is 0.813. The summed E-state index contributed by atoms with van der Waals surface area (Å²) in [5, 5.41) is 0. The second-order valence-corrected chi connectivity index (χ2v) is 5.24. The summed E-state index contributed by atoms with van der Waals surface area (Å²) < 4.78 is 0. The van der Waals surface area contributed by atoms with Crippen LogP contribution in [0.4, 0.5) is 11.5 Å². The van der Waals surface area contributed by atoms with E-state index in [1.54, 1.807) is 12.3 Å². The largest absolute Gasteiger partial charge is 0.399 e. The SMILES string of the molecule is Cc1cc(SCC(=O)NNc2ccccn2)ccc1N. The average Bonchev–Trinajstić information content (AvgIpc) is 2.47. The molecular formula is C14H16N4OS. The van der Waals surface area contributed by atoms with E-state index in [0.29, 0.717) is 11.6 Å². The van der Waals surface area contributed by atoms with E-state index in [4.69, 9.17) is 5.73 Å². The Morgan fingerprint density at radius 1 is 1.35 bits per heavy atom. The van der Waals surface area contributed by atoms with E-state index in [9.17, 15) is 4.79 Å². The molecule has 0 saturated heterocycles. The van der Waals surface area contributed by atoms with Gasteiger partial charge in [-0.25, -0.2) is 4.98 Å². The number of thioether (sulfide) groups is 1. The number of anilines is 2. The summed E-state index contributed by atoms with van der Waals surface area (Å²) in [7, 11) is 0. The number of carbonyl (C=O) groups is 1. The molecule has 0 unspecified atom stereocenters. The number of hydrazine groups is 1. The van der Waals surface area contributed by atoms with Crippen LogP contribution in [0.25, 0.3) is 0 Å². The van der Waals surface area contributed by atoms with Crippen LogP contribution in [0.2, 0.25) is 0 Å². The molecule has 1 heterocycles. The van der Waals surface area contributed by atoms with Gasteiger partial charge >= 0.3 is 0 Å². The van der Waals surface area contributed by atoms with Crippen LogP contribution in [0, 0.1) is 6.92 Å². The number of pyridine rings is 1. The quantitative estimate of drug-likeness (QED) is 0.446. The highest BCUT2D eigenvalue weighted by molar-refractivity contribution is 8.00. The monoisotopic (exact) mass is 288 g/mol. The second kappa shape index (κ2) is 6.81. The van der Waals surface area contributed by atoms with Crippen molar-refractivity contribution in [2.24, 2.45) is 0 Å². The second-order valence-electron chi connectivity index (χ2n) is 4.20. The van der Waals surface area contributed by atoms with E-state index in [1.807, 2.05) is 37.3 Å². The molecule has 0 aliphatic heterocycles. The van der Waals surface area contributed by atoms with Crippen LogP contribution < -0.4 is 16.6 Å². The highest BCUT2D eigenvalue weighted by Crippen LogP contribution is 2.22. The Morgan fingerprint density at radius 2 is 2.20 bits per heavy atom. The van der Waals surface area contributed by atoms with Crippen molar-refractivity contribution < 1.29 is 4.79 Å². The average molecular weight is 288 g/mol. The minimum atomic E-state index is -0.116. The van der Waals surface area contributed by atoms with Gasteiger partial charge < -0.3 is 5.73 Å². The number of aryl methyl sites for hydroxylation is 1. The zero-order valence-corrected chi connectivity index (χ0v) is 11.9. The van der Waals surface area contributed by atoms with Gasteiger partial charge in [0.25, 0.3) is 0 Å². The van der Waals surface area contributed by atoms with Crippen molar-refractivity contribution >= 4 is 29.2 Å². The molecule has 0 saturated carbocycles. The summed E-state index contributed by atoms with van der Waals surface area (Å²) in [6.07, 6.45) is 1.65. The van der Waals surface area contributed by atoms with E-state index < -0.39 is 0 Å². The van der Waals surface area contributed by atoms with E-state index in [2.05, 4.69) is 15.8 Å². The van der Waals surface area contributed by atoms with Crippen molar-refractivity contribution in [3.05, 3.63) is 48.2 Å². The Bertz CT molecular complexity index is 589. The van der Waals surface area contributed by atoms with Crippen LogP contribution >= 0.6 is 11.8 Å². The van der Waals surface area contributed by atoms with Crippen molar-refractivity contribution in [3.8, 4) is 0 Å². The minimum Gasteiger partial charge on any atom is -0.399 e. The van der Waals surface area contributed by atoms with Gasteiger partial charge in [0.2, 0.25) is 5.91 Å². The van der Waals surface area contributed by atoms with Crippen LogP contribution in [0.15, 0.2) is 47.5 Å². The van der Waals surface area contributed by atoms with Gasteiger partial charge in [-0.3, -0.25) is 15.6 Å². The molecule has 2 rings (SSSR count). The molecule has 1 aromatic heterocycles. The third-order valence-corrected chi connectivity index (χ3v) is 3.60. The van der Waals surface area contributed by atoms with Gasteiger partial charge in [-0.1, -0.05) is 6.07 Å². The van der Waals surface area contributed by atoms with Crippen molar-refractivity contribution in [3.63, 3.8) is 0 Å². The van der Waals surface area contributed by atoms with Gasteiger partial charge in [-0.2, -0.15) is 0 Å². The number of rotatable bonds is 5. The molecule has 20 heavy (non-hydrogen) atoms. The lowest BCUT2D eigenvalue weighted by Gasteiger charge is -2.08. The Balaban J connectivity index is 1.79. The number of nitrogen functional groups attached to an aromatic ring is 1. The van der Waals surface area contributed by atoms with Gasteiger partial charge in [0.05, 0.1) is 5.75 Å². The first-order valence-corrected chi connectivity index (χ1v) is 7.08. The number of nitrogens with two attached hydrogens (primary N) is 1. The molecule has 1 amide bonds. The molecular weight excluding hydrogens is 272 g/mol. The summed E-state index contributed by atoms with van der Waals surface area (Å²) >= 11 is 1.46. The molecule has 0 aliphatic rings. The van der Waals surface area contributed by atoms with Crippen molar-refractivity contribution in [1.82, 2.24) is 10.4 Å². The minimum absolute atomic E-state index is 0.116. The molecule has 1 aromatic carbocycles. The molecule has 0 aliphatic carbocycles. The fourth-order valence-corrected chi connectivity index (χ4v) is 2.29. The number of amides is 1. The fourth-order valence-electron chi connectivity index (χ4n) is 1.49. The summed E-state index contributed by atoms with van der Waals surface area (Å²) in [5.41, 5.74) is 12.9. The lowest BCUT2D eigenvalue weighted by atomic mass is 10.2. The van der Waals surface area contributed by atoms with Crippen LogP contribution in [0.1, 0.15) is 5.56 Å². The molecule has 5 nitrogen and oxygen atoms in total. The molecule has 0 bridgehead atoms. The zero-order valence-electron chi connectivity index (χ0n) is 11.1. The number of benzene rings is 1. The number of carbonyl (C=O) groups excluding carboxylic acids is 1. The number of hydrogen-bond acceptors (Lipinski definition) is 5. The lowest BCUT2D eigenvalue weighted by Crippen LogP contribution is -2.31. The first-order valence-electron chi connectivity index (χ1n) is 6.10. The normalized spacial score (nSPS) is 10.1. The summed E-state index contributed by atoms with van der Waals surface area (Å²) in [6.45, 7) is 1.95. The van der Waals surface area contributed by atoms with Gasteiger partial charge in [-0.15, -0.1) is 11.8 Å². The van der Waals surface area contributed by atoms with Crippen molar-refractivity contribution in [2.45, 2.75) is 11.8 Å². The Morgan fingerprint density at radius 3 is 2.90 bits per heavy atom. The van der Waals surface area contributed by atoms with Crippen LogP contribution in [-0.2, 0) is 4.79 Å². The Hall–Kier alpha value is -2.21. The van der Waals surface area contributed by atoms with Crippen molar-refractivity contribution in [2.75, 3.05) is 16.9 Å². The van der Waals surface area contributed by atoms with Crippen LogP contribution in [-0.4, -0.2) is 16.6 Å². The number of nitrogens with one attached hydrogen (secondary N) is 2. The van der Waals surface area contributed by atoms with E-state index in [1.165, 1.54) is 11.8 Å². The maximum atomic E-state index is 11.7. The molecule has 0 atom stereocenters. The number of hydrogen-bond donors (Lipinski definition) is 3. The highest BCUT2D eigenvalue weighted by Gasteiger charge is 2.04. The zero-order chi connectivity index (χ0) is 14.4. The highest BCUT2D eigenvalue weighted by atomic mass is 32.2. The Labute approximate surface area is 121 Å². The maximum absolute atomic E-state index is 11.7. The molecule has 6 heteroatoms. The summed E-state index contributed by atoms with van der Waals surface area (Å²) in [6, 6.07) is 11.2. The molecule has 2 aromatic rings. The molecule has 4 N–H and O–H groups in total. The molecule has 0 fully saturated rings. The third-order valence-electron chi connectivity index (χ3n) is 2.61. The van der Waals surface area contributed by atoms with E-state index in [-0.39, 0.29) is 5.91 Å². The van der Waals surface area contributed by atoms with Gasteiger partial charge in [0.1, 0.15) is 5.82 Å². The van der Waals surface area contributed by atoms with Gasteiger partial charge in [-0.05, 0) is 42.8 Å². The first kappa shape index (κ1) is 14.2. The predicted octanol–water partition coefficient (Wildman–Crippen LogP) is 2.21. The Kier molecular flexibility index (Phi) is 4.84. The molecule has 0 spiro atoms. The van der Waals surface area contributed by atoms with Crippen LogP contribution in [0.5, 0.6) is 0 Å². The first-order chi connectivity index (χ1) is 9.65. The topological polar surface area (TPSA) is 80.0 Å². The van der Waals surface area contributed by atoms with Gasteiger partial charge in [0, 0.05) is 16.8 Å². The van der Waals surface area contributed by atoms with Crippen molar-refractivity contribution in [1.29, 1.82) is 0 Å². The molecule has 0 radical (unpaired) electrons.